The van der Waals surface area contributed by atoms with Crippen LogP contribution in [0.1, 0.15) is 61.2 Å². The molecule has 1 fully saturated rings. The van der Waals surface area contributed by atoms with Crippen LogP contribution >= 0.6 is 7.60 Å². The molecule has 5 aromatic rings. The van der Waals surface area contributed by atoms with Gasteiger partial charge in [-0.1, -0.05) is 93.1 Å². The Morgan fingerprint density at radius 1 is 0.804 bits per heavy atom. The number of hydrogen-bond acceptors (Lipinski definition) is 10. The number of rotatable bonds is 14. The Bertz CT molecular complexity index is 2250. The zero-order valence-electron chi connectivity index (χ0n) is 32.5. The highest BCUT2D eigenvalue weighted by molar-refractivity contribution is 7.72. The van der Waals surface area contributed by atoms with Crippen molar-refractivity contribution in [3.63, 3.8) is 0 Å². The number of nitrogens with one attached hydrogen (secondary N) is 1. The van der Waals surface area contributed by atoms with Gasteiger partial charge in [0.2, 0.25) is 0 Å². The molecule has 0 saturated carbocycles. The zero-order chi connectivity index (χ0) is 40.3. The number of methoxy groups -OCH3 is 2. The summed E-state index contributed by atoms with van der Waals surface area (Å²) in [5.74, 6) is 1.49. The number of aryl methyl sites for hydroxylation is 2. The lowest BCUT2D eigenvalue weighted by Crippen LogP contribution is -2.39. The quantitative estimate of drug-likeness (QED) is 0.0879. The van der Waals surface area contributed by atoms with Gasteiger partial charge in [0.05, 0.1) is 20.8 Å². The summed E-state index contributed by atoms with van der Waals surface area (Å²) in [4.78, 5) is 41.8. The first-order chi connectivity index (χ1) is 26.7. The maximum absolute atomic E-state index is 14.9. The Kier molecular flexibility index (Phi) is 11.9. The average Bonchev–Trinajstić information content (AvgIpc) is 3.59. The third-order valence-electron chi connectivity index (χ3n) is 9.69. The van der Waals surface area contributed by atoms with Crippen LogP contribution in [0.4, 0.5) is 0 Å². The molecule has 0 amide bonds. The number of aromatic nitrogens is 2. The van der Waals surface area contributed by atoms with Crippen molar-refractivity contribution in [3.8, 4) is 17.2 Å². The van der Waals surface area contributed by atoms with Crippen LogP contribution in [0.15, 0.2) is 119 Å². The second-order valence-corrected chi connectivity index (χ2v) is 16.6. The summed E-state index contributed by atoms with van der Waals surface area (Å²) in [5.41, 5.74) is -0.839. The number of nitrogens with zero attached hydrogens (tertiary/aromatic N) is 1. The van der Waals surface area contributed by atoms with Crippen LogP contribution in [0.5, 0.6) is 17.2 Å². The molecule has 1 aliphatic heterocycles. The monoisotopic (exact) mass is 782 g/mol. The van der Waals surface area contributed by atoms with Gasteiger partial charge in [-0.15, -0.1) is 0 Å². The molecule has 6 rings (SSSR count). The smallest absolute Gasteiger partial charge is 0.447 e. The minimum absolute atomic E-state index is 0.0402. The van der Waals surface area contributed by atoms with E-state index in [2.05, 4.69) is 4.98 Å². The second-order valence-electron chi connectivity index (χ2n) is 14.8. The number of hydrogen-bond donors (Lipinski definition) is 1. The van der Waals surface area contributed by atoms with Crippen LogP contribution in [0.3, 0.4) is 0 Å². The molecule has 0 bridgehead atoms. The Morgan fingerprint density at radius 2 is 1.34 bits per heavy atom. The SMILES string of the molecule is COc1ccc(C(OC[C@H]2O[C@@H](n3cc(C)c(=O)[nH]c3=O)C[C@@H]2OP(=O)(Oc2ccc(C)cc2)C(=O)C(C)(C)C)(c2ccccc2)c2ccc(OC)cc2)cc1. The van der Waals surface area contributed by atoms with Crippen LogP contribution in [0.25, 0.3) is 0 Å². The van der Waals surface area contributed by atoms with Gasteiger partial charge >= 0.3 is 13.3 Å². The third kappa shape index (κ3) is 8.44. The first kappa shape index (κ1) is 40.4. The predicted molar refractivity (Wildman–Crippen MR) is 212 cm³/mol. The summed E-state index contributed by atoms with van der Waals surface area (Å²) in [6, 6.07) is 31.5. The topological polar surface area (TPSA) is 144 Å². The molecule has 1 saturated heterocycles. The van der Waals surface area contributed by atoms with Gasteiger partial charge in [-0.05, 0) is 66.9 Å². The molecule has 1 aromatic heterocycles. The fraction of sp³-hybridized carbons (Fsp3) is 0.326. The van der Waals surface area contributed by atoms with Crippen molar-refractivity contribution in [2.45, 2.75) is 65.1 Å². The third-order valence-corrected chi connectivity index (χ3v) is 11.9. The Morgan fingerprint density at radius 3 is 1.88 bits per heavy atom. The van der Waals surface area contributed by atoms with E-state index in [1.54, 1.807) is 66.2 Å². The summed E-state index contributed by atoms with van der Waals surface area (Å²) >= 11 is 0. The molecule has 1 aliphatic rings. The summed E-state index contributed by atoms with van der Waals surface area (Å²) in [5, 5.41) is 0. The van der Waals surface area contributed by atoms with E-state index in [9.17, 15) is 18.9 Å². The molecule has 13 heteroatoms. The number of ether oxygens (including phenoxy) is 4. The molecule has 12 nitrogen and oxygen atoms in total. The van der Waals surface area contributed by atoms with Crippen LogP contribution < -0.4 is 25.2 Å². The number of benzene rings is 4. The predicted octanol–water partition coefficient (Wildman–Crippen LogP) is 7.70. The molecule has 4 atom stereocenters. The van der Waals surface area contributed by atoms with Crippen molar-refractivity contribution in [3.05, 3.63) is 158 Å². The van der Waals surface area contributed by atoms with Crippen molar-refractivity contribution in [1.29, 1.82) is 0 Å². The van der Waals surface area contributed by atoms with Gasteiger partial charge < -0.3 is 23.5 Å². The summed E-state index contributed by atoms with van der Waals surface area (Å²) < 4.78 is 53.2. The Labute approximate surface area is 325 Å². The Hall–Kier alpha value is -5.26. The van der Waals surface area contributed by atoms with Crippen LogP contribution in [0.2, 0.25) is 0 Å². The molecule has 1 N–H and O–H groups in total. The van der Waals surface area contributed by atoms with Crippen LogP contribution in [-0.2, 0) is 29.0 Å². The maximum Gasteiger partial charge on any atom is 0.447 e. The van der Waals surface area contributed by atoms with E-state index in [4.69, 9.17) is 28.0 Å². The minimum atomic E-state index is -4.61. The van der Waals surface area contributed by atoms with Crippen molar-refractivity contribution in [2.75, 3.05) is 20.8 Å². The largest absolute Gasteiger partial charge is 0.497 e. The summed E-state index contributed by atoms with van der Waals surface area (Å²) in [6.07, 6.45) is -1.75. The second kappa shape index (κ2) is 16.5. The van der Waals surface area contributed by atoms with Gasteiger partial charge in [0.25, 0.3) is 11.1 Å². The molecule has 2 heterocycles. The number of carbonyl (C=O) groups is 1. The fourth-order valence-electron chi connectivity index (χ4n) is 6.65. The van der Waals surface area contributed by atoms with E-state index < -0.39 is 53.8 Å². The number of aromatic amines is 1. The average molecular weight is 783 g/mol. The van der Waals surface area contributed by atoms with Gasteiger partial charge in [0, 0.05) is 23.6 Å². The number of H-pyrrole nitrogens is 1. The van der Waals surface area contributed by atoms with Crippen LogP contribution in [0, 0.1) is 19.3 Å². The normalized spacial score (nSPS) is 18.2. The molecule has 1 unspecified atom stereocenters. The first-order valence-corrected chi connectivity index (χ1v) is 19.8. The molecular formula is C43H47N2O10P. The van der Waals surface area contributed by atoms with E-state index >= 15 is 0 Å². The van der Waals surface area contributed by atoms with E-state index in [0.717, 1.165) is 22.3 Å². The molecule has 0 radical (unpaired) electrons. The fourth-order valence-corrected chi connectivity index (χ4v) is 8.67. The molecule has 0 spiro atoms. The summed E-state index contributed by atoms with van der Waals surface area (Å²) in [6.45, 7) is 8.20. The molecule has 0 aliphatic carbocycles. The number of carbonyl (C=O) groups excluding carboxylic acids is 1. The maximum atomic E-state index is 14.9. The van der Waals surface area contributed by atoms with E-state index in [1.165, 1.54) is 10.8 Å². The van der Waals surface area contributed by atoms with Crippen molar-refractivity contribution in [2.24, 2.45) is 5.41 Å². The highest BCUT2D eigenvalue weighted by atomic mass is 31.2. The Balaban J connectivity index is 1.46. The van der Waals surface area contributed by atoms with Crippen molar-refractivity contribution in [1.82, 2.24) is 9.55 Å². The van der Waals surface area contributed by atoms with Crippen molar-refractivity contribution < 1.29 is 37.4 Å². The van der Waals surface area contributed by atoms with E-state index in [-0.39, 0.29) is 24.3 Å². The first-order valence-electron chi connectivity index (χ1n) is 18.2. The van der Waals surface area contributed by atoms with E-state index in [1.807, 2.05) is 85.8 Å². The lowest BCUT2D eigenvalue weighted by atomic mass is 9.80. The van der Waals surface area contributed by atoms with Gasteiger partial charge in [-0.3, -0.25) is 23.7 Å². The minimum Gasteiger partial charge on any atom is -0.497 e. The highest BCUT2D eigenvalue weighted by Crippen LogP contribution is 2.56. The lowest BCUT2D eigenvalue weighted by molar-refractivity contribution is -0.121. The molecular weight excluding hydrogens is 735 g/mol. The van der Waals surface area contributed by atoms with Crippen LogP contribution in [-0.4, -0.2) is 48.1 Å². The molecule has 4 aromatic carbocycles. The standard InChI is InChI=1S/C43H47N2O10P/c1-28-13-19-35(20-14-28)54-56(49,40(47)42(3,4)5)55-36-25-38(45-26-29(2)39(46)44-41(45)48)53-37(36)27-52-43(30-11-9-8-10-12-30,31-15-21-33(50-6)22-16-31)32-17-23-34(51-7)24-18-32/h8-24,26,36-38H,25,27H2,1-7H3,(H,44,46,48)/t36-,37+,38+,56?/m0/s1. The van der Waals surface area contributed by atoms with Gasteiger partial charge in [-0.2, -0.15) is 0 Å². The molecule has 56 heavy (non-hydrogen) atoms. The zero-order valence-corrected chi connectivity index (χ0v) is 33.4. The lowest BCUT2D eigenvalue weighted by Gasteiger charge is -2.37. The van der Waals surface area contributed by atoms with E-state index in [0.29, 0.717) is 11.5 Å². The summed E-state index contributed by atoms with van der Waals surface area (Å²) in [7, 11) is -1.42. The van der Waals surface area contributed by atoms with Gasteiger partial charge in [-0.25, -0.2) is 9.36 Å². The molecule has 294 valence electrons. The van der Waals surface area contributed by atoms with Crippen molar-refractivity contribution >= 4 is 13.1 Å². The van der Waals surface area contributed by atoms with Gasteiger partial charge in [0.1, 0.15) is 41.3 Å². The highest BCUT2D eigenvalue weighted by Gasteiger charge is 2.50. The van der Waals surface area contributed by atoms with Gasteiger partial charge in [0.15, 0.2) is 0 Å².